The molecule has 0 bridgehead atoms. The van der Waals surface area contributed by atoms with E-state index in [0.29, 0.717) is 11.4 Å². The summed E-state index contributed by atoms with van der Waals surface area (Å²) in [6.45, 7) is 1.88. The predicted molar refractivity (Wildman–Crippen MR) is 129 cm³/mol. The van der Waals surface area contributed by atoms with Gasteiger partial charge >= 0.3 is 5.97 Å². The highest BCUT2D eigenvalue weighted by Gasteiger charge is 2.37. The lowest BCUT2D eigenvalue weighted by atomic mass is 10.1. The molecule has 4 rings (SSSR count). The minimum Gasteiger partial charge on any atom is -0.468 e. The number of amides is 1. The SMILES string of the molecule is CCOC(=O)C1=NN(c2ccccc2)C(C(=O)Nc2cccc(S(=O)(=O)NCc3ccco3)c2)C1. The maximum absolute atomic E-state index is 13.2. The van der Waals surface area contributed by atoms with Gasteiger partial charge in [0.2, 0.25) is 15.9 Å². The predicted octanol–water partition coefficient (Wildman–Crippen LogP) is 2.89. The summed E-state index contributed by atoms with van der Waals surface area (Å²) in [7, 11) is -3.85. The average molecular weight is 497 g/mol. The van der Waals surface area contributed by atoms with Crippen LogP contribution in [0, 0.1) is 0 Å². The molecule has 0 spiro atoms. The highest BCUT2D eigenvalue weighted by molar-refractivity contribution is 7.89. The molecule has 1 atom stereocenters. The summed E-state index contributed by atoms with van der Waals surface area (Å²) in [5.74, 6) is -0.563. The molecule has 1 aliphatic rings. The van der Waals surface area contributed by atoms with Gasteiger partial charge in [-0.1, -0.05) is 24.3 Å². The van der Waals surface area contributed by atoms with E-state index >= 15 is 0 Å². The number of nitrogens with zero attached hydrogens (tertiary/aromatic N) is 2. The van der Waals surface area contributed by atoms with E-state index in [-0.39, 0.29) is 35.9 Å². The minimum atomic E-state index is -3.85. The van der Waals surface area contributed by atoms with Gasteiger partial charge in [-0.15, -0.1) is 0 Å². The molecule has 35 heavy (non-hydrogen) atoms. The topological polar surface area (TPSA) is 130 Å². The summed E-state index contributed by atoms with van der Waals surface area (Å²) in [5.41, 5.74) is 1.05. The number of ether oxygens (including phenoxy) is 1. The second-order valence-electron chi connectivity index (χ2n) is 7.59. The fraction of sp³-hybridized carbons (Fsp3) is 0.208. The zero-order chi connectivity index (χ0) is 24.8. The monoisotopic (exact) mass is 496 g/mol. The van der Waals surface area contributed by atoms with Crippen molar-refractivity contribution in [2.24, 2.45) is 5.10 Å². The number of anilines is 2. The number of furan rings is 1. The zero-order valence-electron chi connectivity index (χ0n) is 18.9. The van der Waals surface area contributed by atoms with Gasteiger partial charge in [0.1, 0.15) is 17.5 Å². The lowest BCUT2D eigenvalue weighted by Crippen LogP contribution is -2.38. The smallest absolute Gasteiger partial charge is 0.354 e. The van der Waals surface area contributed by atoms with E-state index < -0.39 is 27.9 Å². The molecule has 10 nitrogen and oxygen atoms in total. The maximum atomic E-state index is 13.2. The van der Waals surface area contributed by atoms with Crippen molar-refractivity contribution in [3.8, 4) is 0 Å². The normalized spacial score (nSPS) is 15.5. The molecule has 2 aromatic carbocycles. The number of sulfonamides is 1. The van der Waals surface area contributed by atoms with Crippen molar-refractivity contribution in [3.05, 3.63) is 78.8 Å². The Morgan fingerprint density at radius 3 is 2.63 bits per heavy atom. The third-order valence-corrected chi connectivity index (χ3v) is 6.57. The number of hydrogen-bond donors (Lipinski definition) is 2. The van der Waals surface area contributed by atoms with Crippen LogP contribution in [0.3, 0.4) is 0 Å². The molecule has 0 aliphatic carbocycles. The highest BCUT2D eigenvalue weighted by atomic mass is 32.2. The minimum absolute atomic E-state index is 0.00595. The number of esters is 1. The van der Waals surface area contributed by atoms with Crippen LogP contribution in [-0.4, -0.2) is 38.7 Å². The molecule has 1 unspecified atom stereocenters. The highest BCUT2D eigenvalue weighted by Crippen LogP contribution is 2.26. The van der Waals surface area contributed by atoms with Crippen LogP contribution in [0.1, 0.15) is 19.1 Å². The Balaban J connectivity index is 1.51. The van der Waals surface area contributed by atoms with Crippen LogP contribution in [0.15, 0.2) is 87.4 Å². The second-order valence-corrected chi connectivity index (χ2v) is 9.36. The fourth-order valence-electron chi connectivity index (χ4n) is 3.50. The molecule has 0 saturated carbocycles. The van der Waals surface area contributed by atoms with Gasteiger partial charge in [-0.3, -0.25) is 9.80 Å². The van der Waals surface area contributed by atoms with Gasteiger partial charge in [0.25, 0.3) is 0 Å². The molecule has 0 fully saturated rings. The van der Waals surface area contributed by atoms with E-state index in [0.717, 1.165) is 0 Å². The van der Waals surface area contributed by atoms with E-state index in [1.807, 2.05) is 6.07 Å². The lowest BCUT2D eigenvalue weighted by molar-refractivity contribution is -0.135. The Labute approximate surface area is 202 Å². The van der Waals surface area contributed by atoms with Crippen molar-refractivity contribution in [2.45, 2.75) is 30.8 Å². The second kappa shape index (κ2) is 10.5. The Morgan fingerprint density at radius 1 is 1.11 bits per heavy atom. The summed E-state index contributed by atoms with van der Waals surface area (Å²) in [5, 5.41) is 8.53. The number of carbonyl (C=O) groups excluding carboxylic acids is 2. The third-order valence-electron chi connectivity index (χ3n) is 5.17. The first-order chi connectivity index (χ1) is 16.9. The van der Waals surface area contributed by atoms with Crippen LogP contribution in [0.5, 0.6) is 0 Å². The number of nitrogens with one attached hydrogen (secondary N) is 2. The summed E-state index contributed by atoms with van der Waals surface area (Å²) in [4.78, 5) is 25.5. The lowest BCUT2D eigenvalue weighted by Gasteiger charge is -2.22. The quantitative estimate of drug-likeness (QED) is 0.436. The van der Waals surface area contributed by atoms with Crippen molar-refractivity contribution in [2.75, 3.05) is 16.9 Å². The van der Waals surface area contributed by atoms with E-state index in [9.17, 15) is 18.0 Å². The number of carbonyl (C=O) groups is 2. The van der Waals surface area contributed by atoms with Crippen LogP contribution in [-0.2, 0) is 30.9 Å². The molecule has 2 N–H and O–H groups in total. The van der Waals surface area contributed by atoms with E-state index in [4.69, 9.17) is 9.15 Å². The summed E-state index contributed by atoms with van der Waals surface area (Å²) in [6, 6.07) is 17.4. The van der Waals surface area contributed by atoms with Crippen molar-refractivity contribution < 1.29 is 27.2 Å². The largest absolute Gasteiger partial charge is 0.468 e. The van der Waals surface area contributed by atoms with Crippen LogP contribution >= 0.6 is 0 Å². The van der Waals surface area contributed by atoms with Gasteiger partial charge < -0.3 is 14.5 Å². The zero-order valence-corrected chi connectivity index (χ0v) is 19.7. The van der Waals surface area contributed by atoms with Gasteiger partial charge in [0.15, 0.2) is 0 Å². The van der Waals surface area contributed by atoms with Crippen LogP contribution < -0.4 is 15.0 Å². The fourth-order valence-corrected chi connectivity index (χ4v) is 4.54. The van der Waals surface area contributed by atoms with E-state index in [1.165, 1.54) is 29.5 Å². The number of para-hydroxylation sites is 1. The number of hydrazone groups is 1. The molecular formula is C24H24N4O6S. The first-order valence-corrected chi connectivity index (χ1v) is 12.4. The number of benzene rings is 2. The van der Waals surface area contributed by atoms with Gasteiger partial charge in [-0.05, 0) is 49.4 Å². The Morgan fingerprint density at radius 2 is 1.91 bits per heavy atom. The third kappa shape index (κ3) is 5.76. The van der Waals surface area contributed by atoms with Gasteiger partial charge in [-0.25, -0.2) is 17.9 Å². The maximum Gasteiger partial charge on any atom is 0.354 e. The Bertz CT molecular complexity index is 1320. The molecule has 1 aliphatic heterocycles. The molecule has 0 saturated heterocycles. The van der Waals surface area contributed by atoms with Crippen LogP contribution in [0.4, 0.5) is 11.4 Å². The molecule has 0 radical (unpaired) electrons. The first kappa shape index (κ1) is 24.2. The molecule has 11 heteroatoms. The molecule has 1 amide bonds. The Hall–Kier alpha value is -3.96. The van der Waals surface area contributed by atoms with E-state index in [1.54, 1.807) is 49.4 Å². The van der Waals surface area contributed by atoms with Gasteiger partial charge in [-0.2, -0.15) is 5.10 Å². The number of rotatable bonds is 9. The molecule has 182 valence electrons. The molecular weight excluding hydrogens is 472 g/mol. The van der Waals surface area contributed by atoms with Crippen LogP contribution in [0.25, 0.3) is 0 Å². The standard InChI is InChI=1S/C24H24N4O6S/c1-2-33-24(30)21-15-22(28(27-21)18-9-4-3-5-10-18)23(29)26-17-8-6-12-20(14-17)35(31,32)25-16-19-11-7-13-34-19/h3-14,22,25H,2,15-16H2,1H3,(H,26,29). The van der Waals surface area contributed by atoms with Crippen LogP contribution in [0.2, 0.25) is 0 Å². The first-order valence-electron chi connectivity index (χ1n) is 10.9. The summed E-state index contributed by atoms with van der Waals surface area (Å²) in [6.07, 6.45) is 1.50. The van der Waals surface area contributed by atoms with Gasteiger partial charge in [0.05, 0.1) is 30.0 Å². The van der Waals surface area contributed by atoms with E-state index in [2.05, 4.69) is 15.1 Å². The number of hydrogen-bond acceptors (Lipinski definition) is 8. The van der Waals surface area contributed by atoms with Crippen molar-refractivity contribution >= 4 is 39.0 Å². The van der Waals surface area contributed by atoms with Gasteiger partial charge in [0, 0.05) is 12.1 Å². The van der Waals surface area contributed by atoms with Crippen molar-refractivity contribution in [3.63, 3.8) is 0 Å². The Kier molecular flexibility index (Phi) is 7.28. The molecule has 1 aromatic heterocycles. The van der Waals surface area contributed by atoms with Crippen molar-refractivity contribution in [1.29, 1.82) is 0 Å². The average Bonchev–Trinajstić information content (AvgIpc) is 3.54. The van der Waals surface area contributed by atoms with Crippen molar-refractivity contribution in [1.82, 2.24) is 4.72 Å². The summed E-state index contributed by atoms with van der Waals surface area (Å²) < 4.78 is 38.1. The summed E-state index contributed by atoms with van der Waals surface area (Å²) >= 11 is 0. The molecule has 2 heterocycles. The molecule has 3 aromatic rings.